The van der Waals surface area contributed by atoms with Gasteiger partial charge in [0.25, 0.3) is 0 Å². The molecular formula is C37H64O4. The summed E-state index contributed by atoms with van der Waals surface area (Å²) in [5, 5.41) is 0. The van der Waals surface area contributed by atoms with E-state index in [0.29, 0.717) is 24.4 Å². The molecular weight excluding hydrogens is 508 g/mol. The fourth-order valence-electron chi connectivity index (χ4n) is 6.49. The first-order valence-electron chi connectivity index (χ1n) is 18.0. The lowest BCUT2D eigenvalue weighted by molar-refractivity contribution is -0.139. The summed E-state index contributed by atoms with van der Waals surface area (Å²) < 4.78 is 17.0. The van der Waals surface area contributed by atoms with E-state index < -0.39 is 0 Å². The number of unbranched alkanes of at least 4 members (excludes halogenated alkanes) is 17. The molecule has 3 heterocycles. The maximum absolute atomic E-state index is 11.6. The van der Waals surface area contributed by atoms with E-state index in [4.69, 9.17) is 14.2 Å². The molecule has 3 aliphatic heterocycles. The Morgan fingerprint density at radius 2 is 1.07 bits per heavy atom. The topological polar surface area (TPSA) is 51.4 Å². The quantitative estimate of drug-likeness (QED) is 0.0405. The van der Waals surface area contributed by atoms with Gasteiger partial charge in [0, 0.05) is 5.57 Å². The molecule has 3 rings (SSSR count). The zero-order chi connectivity index (χ0) is 29.0. The molecule has 41 heavy (non-hydrogen) atoms. The van der Waals surface area contributed by atoms with Crippen molar-refractivity contribution < 1.29 is 19.0 Å². The first-order chi connectivity index (χ1) is 20.2. The van der Waals surface area contributed by atoms with Crippen LogP contribution in [0.1, 0.15) is 174 Å². The van der Waals surface area contributed by atoms with Crippen LogP contribution in [0.2, 0.25) is 0 Å². The third-order valence-electron chi connectivity index (χ3n) is 9.30. The van der Waals surface area contributed by atoms with Crippen molar-refractivity contribution in [3.63, 3.8) is 0 Å². The number of hydrogen-bond donors (Lipinski definition) is 0. The maximum atomic E-state index is 11.6. The lowest BCUT2D eigenvalue weighted by Crippen LogP contribution is -2.03. The van der Waals surface area contributed by atoms with Crippen molar-refractivity contribution in [3.05, 3.63) is 23.8 Å². The highest BCUT2D eigenvalue weighted by Crippen LogP contribution is 2.36. The summed E-state index contributed by atoms with van der Waals surface area (Å²) >= 11 is 0. The predicted octanol–water partition coefficient (Wildman–Crippen LogP) is 10.7. The van der Waals surface area contributed by atoms with E-state index in [1.54, 1.807) is 0 Å². The summed E-state index contributed by atoms with van der Waals surface area (Å²) in [6.07, 6.45) is 41.3. The number of ether oxygens (including phenoxy) is 3. The highest BCUT2D eigenvalue weighted by Gasteiger charge is 2.42. The lowest BCUT2D eigenvalue weighted by atomic mass is 10.0. The Kier molecular flexibility index (Phi) is 18.1. The summed E-state index contributed by atoms with van der Waals surface area (Å²) in [4.78, 5) is 11.6. The summed E-state index contributed by atoms with van der Waals surface area (Å²) in [6, 6.07) is 0. The Balaban J connectivity index is 0.994. The van der Waals surface area contributed by atoms with E-state index in [9.17, 15) is 4.79 Å². The second kappa shape index (κ2) is 21.5. The fraction of sp³-hybridized carbons (Fsp3) is 0.865. The van der Waals surface area contributed by atoms with Crippen LogP contribution in [0, 0.1) is 0 Å². The Hall–Kier alpha value is -1.13. The second-order valence-corrected chi connectivity index (χ2v) is 13.2. The van der Waals surface area contributed by atoms with Gasteiger partial charge in [0.15, 0.2) is 0 Å². The number of esters is 1. The van der Waals surface area contributed by atoms with Crippen LogP contribution in [0.15, 0.2) is 23.8 Å². The smallest absolute Gasteiger partial charge is 0.334 e. The molecule has 0 bridgehead atoms. The van der Waals surface area contributed by atoms with Crippen molar-refractivity contribution in [2.24, 2.45) is 0 Å². The second-order valence-electron chi connectivity index (χ2n) is 13.2. The summed E-state index contributed by atoms with van der Waals surface area (Å²) in [6.45, 7) is 4.22. The van der Waals surface area contributed by atoms with Crippen molar-refractivity contribution in [1.82, 2.24) is 0 Å². The van der Waals surface area contributed by atoms with Gasteiger partial charge in [-0.15, -0.1) is 0 Å². The van der Waals surface area contributed by atoms with Crippen molar-refractivity contribution >= 4 is 5.97 Å². The molecule has 0 spiro atoms. The van der Waals surface area contributed by atoms with Gasteiger partial charge in [0.05, 0.1) is 24.4 Å². The minimum Gasteiger partial charge on any atom is -0.455 e. The number of hydrogen-bond acceptors (Lipinski definition) is 4. The van der Waals surface area contributed by atoms with Gasteiger partial charge in [-0.1, -0.05) is 122 Å². The van der Waals surface area contributed by atoms with Crippen LogP contribution < -0.4 is 0 Å². The number of cyclic esters (lactones) is 1. The molecule has 2 fully saturated rings. The van der Waals surface area contributed by atoms with Crippen molar-refractivity contribution in [1.29, 1.82) is 0 Å². The third-order valence-corrected chi connectivity index (χ3v) is 9.30. The largest absolute Gasteiger partial charge is 0.455 e. The molecule has 4 heteroatoms. The maximum Gasteiger partial charge on any atom is 0.334 e. The van der Waals surface area contributed by atoms with Gasteiger partial charge in [0.2, 0.25) is 0 Å². The fourth-order valence-corrected chi connectivity index (χ4v) is 6.49. The molecule has 236 valence electrons. The minimum absolute atomic E-state index is 0.0250. The van der Waals surface area contributed by atoms with Crippen LogP contribution in [-0.2, 0) is 19.0 Å². The van der Waals surface area contributed by atoms with Gasteiger partial charge in [-0.3, -0.25) is 0 Å². The standard InChI is InChI=1S/C37H64O4/c1-3-4-5-6-7-8-9-10-14-17-20-23-26-33-35(40-33)28-29-36-34(41-36)27-24-21-18-15-12-11-13-16-19-22-25-32-30-31(2)39-37(32)38/h17,20,30-31,33-36H,3-16,18-19,21-29H2,1-2H3/b20-17+. The molecule has 2 saturated heterocycles. The van der Waals surface area contributed by atoms with E-state index in [1.807, 2.05) is 13.0 Å². The zero-order valence-corrected chi connectivity index (χ0v) is 26.9. The molecule has 0 amide bonds. The van der Waals surface area contributed by atoms with Crippen LogP contribution in [0.25, 0.3) is 0 Å². The molecule has 0 N–H and O–H groups in total. The number of rotatable bonds is 28. The van der Waals surface area contributed by atoms with Gasteiger partial charge < -0.3 is 14.2 Å². The zero-order valence-electron chi connectivity index (χ0n) is 26.9. The van der Waals surface area contributed by atoms with Crippen LogP contribution in [-0.4, -0.2) is 36.5 Å². The number of epoxide rings is 2. The van der Waals surface area contributed by atoms with Gasteiger partial charge >= 0.3 is 5.97 Å². The van der Waals surface area contributed by atoms with E-state index in [2.05, 4.69) is 19.1 Å². The third kappa shape index (κ3) is 16.3. The molecule has 0 aromatic rings. The van der Waals surface area contributed by atoms with Crippen LogP contribution in [0.4, 0.5) is 0 Å². The molecule has 5 atom stereocenters. The molecule has 0 aromatic heterocycles. The monoisotopic (exact) mass is 572 g/mol. The highest BCUT2D eigenvalue weighted by atomic mass is 16.6. The number of allylic oxidation sites excluding steroid dienone is 2. The van der Waals surface area contributed by atoms with Crippen molar-refractivity contribution in [2.45, 2.75) is 205 Å². The predicted molar refractivity (Wildman–Crippen MR) is 171 cm³/mol. The van der Waals surface area contributed by atoms with Gasteiger partial charge in [-0.25, -0.2) is 4.79 Å². The SMILES string of the molecule is CCCCCCCCCC/C=C/CCC1OC1CCC1OC1CCCCCCCCCCCCC1=CC(C)OC1=O. The summed E-state index contributed by atoms with van der Waals surface area (Å²) in [5.41, 5.74) is 0.893. The van der Waals surface area contributed by atoms with E-state index in [-0.39, 0.29) is 12.1 Å². The first-order valence-corrected chi connectivity index (χ1v) is 18.0. The molecule has 4 nitrogen and oxygen atoms in total. The molecule has 0 aromatic carbocycles. The first kappa shape index (κ1) is 34.4. The average molecular weight is 573 g/mol. The average Bonchev–Trinajstić information content (AvgIpc) is 3.87. The lowest BCUT2D eigenvalue weighted by Gasteiger charge is -2.03. The number of carbonyl (C=O) groups is 1. The van der Waals surface area contributed by atoms with Crippen LogP contribution >= 0.6 is 0 Å². The van der Waals surface area contributed by atoms with E-state index in [0.717, 1.165) is 18.4 Å². The normalized spacial score (nSPS) is 25.2. The molecule has 0 aliphatic carbocycles. The van der Waals surface area contributed by atoms with E-state index >= 15 is 0 Å². The Morgan fingerprint density at radius 1 is 0.585 bits per heavy atom. The number of carbonyl (C=O) groups excluding carboxylic acids is 1. The highest BCUT2D eigenvalue weighted by molar-refractivity contribution is 5.90. The Bertz CT molecular complexity index is 743. The minimum atomic E-state index is -0.0966. The Labute approximate surface area is 253 Å². The molecule has 0 saturated carbocycles. The molecule has 0 radical (unpaired) electrons. The summed E-state index contributed by atoms with van der Waals surface area (Å²) in [5.74, 6) is -0.0966. The van der Waals surface area contributed by atoms with Gasteiger partial charge in [0.1, 0.15) is 6.10 Å². The van der Waals surface area contributed by atoms with Gasteiger partial charge in [-0.2, -0.15) is 0 Å². The van der Waals surface area contributed by atoms with Crippen molar-refractivity contribution in [3.8, 4) is 0 Å². The van der Waals surface area contributed by atoms with Crippen LogP contribution in [0.5, 0.6) is 0 Å². The molecule has 3 aliphatic rings. The van der Waals surface area contributed by atoms with E-state index in [1.165, 1.54) is 148 Å². The Morgan fingerprint density at radius 3 is 1.66 bits per heavy atom. The van der Waals surface area contributed by atoms with Crippen LogP contribution in [0.3, 0.4) is 0 Å². The molecule has 5 unspecified atom stereocenters. The summed E-state index contributed by atoms with van der Waals surface area (Å²) in [7, 11) is 0. The van der Waals surface area contributed by atoms with Gasteiger partial charge in [-0.05, 0) is 70.8 Å². The van der Waals surface area contributed by atoms with Crippen molar-refractivity contribution in [2.75, 3.05) is 0 Å².